The average molecular weight is 980 g/mol. The van der Waals surface area contributed by atoms with Crippen LogP contribution in [0, 0.1) is 0 Å². The minimum Gasteiger partial charge on any atom is -0.462 e. The molecule has 0 aromatic rings. The van der Waals surface area contributed by atoms with Crippen LogP contribution in [0.2, 0.25) is 0 Å². The summed E-state index contributed by atoms with van der Waals surface area (Å²) in [6.07, 6.45) is 74.1. The molecule has 1 atom stereocenters. The van der Waals surface area contributed by atoms with Crippen LogP contribution in [-0.2, 0) is 28.6 Å². The van der Waals surface area contributed by atoms with Gasteiger partial charge in [0.05, 0.1) is 0 Å². The Labute approximate surface area is 434 Å². The van der Waals surface area contributed by atoms with Gasteiger partial charge in [-0.2, -0.15) is 0 Å². The first-order valence-corrected chi connectivity index (χ1v) is 30.3. The Morgan fingerprint density at radius 1 is 0.300 bits per heavy atom. The highest BCUT2D eigenvalue weighted by Crippen LogP contribution is 2.17. The number of ether oxygens (including phenoxy) is 3. The minimum absolute atomic E-state index is 0.0736. The summed E-state index contributed by atoms with van der Waals surface area (Å²) in [6, 6.07) is 0. The Kier molecular flexibility index (Phi) is 56.3. The Morgan fingerprint density at radius 2 is 0.557 bits per heavy atom. The molecule has 0 aliphatic heterocycles. The van der Waals surface area contributed by atoms with Crippen LogP contribution < -0.4 is 0 Å². The van der Waals surface area contributed by atoms with Crippen molar-refractivity contribution in [3.63, 3.8) is 0 Å². The smallest absolute Gasteiger partial charge is 0.306 e. The molecule has 0 aliphatic rings. The van der Waals surface area contributed by atoms with Gasteiger partial charge in [0.2, 0.25) is 0 Å². The van der Waals surface area contributed by atoms with E-state index in [1.165, 1.54) is 180 Å². The lowest BCUT2D eigenvalue weighted by Gasteiger charge is -2.18. The summed E-state index contributed by atoms with van der Waals surface area (Å²) in [7, 11) is 0. The van der Waals surface area contributed by atoms with Gasteiger partial charge in [0.25, 0.3) is 0 Å². The molecular formula is C64H114O6. The molecule has 0 saturated heterocycles. The van der Waals surface area contributed by atoms with Gasteiger partial charge in [-0.25, -0.2) is 0 Å². The second kappa shape index (κ2) is 58.7. The van der Waals surface area contributed by atoms with E-state index in [1.54, 1.807) is 0 Å². The zero-order valence-corrected chi connectivity index (χ0v) is 46.5. The fourth-order valence-corrected chi connectivity index (χ4v) is 8.72. The molecule has 0 amide bonds. The van der Waals surface area contributed by atoms with Crippen molar-refractivity contribution in [2.75, 3.05) is 13.2 Å². The van der Waals surface area contributed by atoms with Crippen molar-refractivity contribution in [3.05, 3.63) is 60.8 Å². The van der Waals surface area contributed by atoms with E-state index in [0.717, 1.165) is 89.9 Å². The monoisotopic (exact) mass is 979 g/mol. The van der Waals surface area contributed by atoms with E-state index in [9.17, 15) is 14.4 Å². The number of allylic oxidation sites excluding steroid dienone is 10. The fourth-order valence-electron chi connectivity index (χ4n) is 8.72. The predicted octanol–water partition coefficient (Wildman–Crippen LogP) is 20.4. The lowest BCUT2D eigenvalue weighted by Crippen LogP contribution is -2.30. The summed E-state index contributed by atoms with van der Waals surface area (Å²) in [5.41, 5.74) is 0. The third-order valence-corrected chi connectivity index (χ3v) is 13.3. The maximum atomic E-state index is 12.8. The normalized spacial score (nSPS) is 12.4. The van der Waals surface area contributed by atoms with E-state index >= 15 is 0 Å². The molecule has 0 bridgehead atoms. The van der Waals surface area contributed by atoms with Crippen molar-refractivity contribution >= 4 is 17.9 Å². The molecule has 0 rings (SSSR count). The summed E-state index contributed by atoms with van der Waals surface area (Å²) in [6.45, 7) is 6.48. The van der Waals surface area contributed by atoms with Gasteiger partial charge in [-0.3, -0.25) is 14.4 Å². The number of rotatable bonds is 55. The predicted molar refractivity (Wildman–Crippen MR) is 302 cm³/mol. The largest absolute Gasteiger partial charge is 0.462 e. The molecule has 0 radical (unpaired) electrons. The van der Waals surface area contributed by atoms with E-state index in [2.05, 4.69) is 81.5 Å². The summed E-state index contributed by atoms with van der Waals surface area (Å²) in [5, 5.41) is 0. The van der Waals surface area contributed by atoms with Crippen LogP contribution in [0.5, 0.6) is 0 Å². The third-order valence-electron chi connectivity index (χ3n) is 13.3. The van der Waals surface area contributed by atoms with Crippen LogP contribution in [0.3, 0.4) is 0 Å². The minimum atomic E-state index is -0.772. The molecule has 6 heteroatoms. The van der Waals surface area contributed by atoms with Gasteiger partial charge in [-0.15, -0.1) is 0 Å². The van der Waals surface area contributed by atoms with Crippen LogP contribution >= 0.6 is 0 Å². The molecule has 0 saturated carbocycles. The lowest BCUT2D eigenvalue weighted by atomic mass is 10.0. The molecule has 6 nitrogen and oxygen atoms in total. The van der Waals surface area contributed by atoms with Gasteiger partial charge < -0.3 is 14.2 Å². The van der Waals surface area contributed by atoms with Gasteiger partial charge in [-0.1, -0.05) is 268 Å². The number of unbranched alkanes of at least 4 members (excludes halogenated alkanes) is 34. The van der Waals surface area contributed by atoms with Crippen LogP contribution in [0.4, 0.5) is 0 Å². The van der Waals surface area contributed by atoms with E-state index in [4.69, 9.17) is 14.2 Å². The molecule has 0 N–H and O–H groups in total. The van der Waals surface area contributed by atoms with Gasteiger partial charge >= 0.3 is 17.9 Å². The second-order valence-electron chi connectivity index (χ2n) is 20.2. The molecule has 0 fully saturated rings. The van der Waals surface area contributed by atoms with Crippen LogP contribution in [0.25, 0.3) is 0 Å². The fraction of sp³-hybridized carbons (Fsp3) is 0.797. The van der Waals surface area contributed by atoms with Crippen molar-refractivity contribution in [3.8, 4) is 0 Å². The van der Waals surface area contributed by atoms with Crippen molar-refractivity contribution in [1.82, 2.24) is 0 Å². The molecule has 0 aliphatic carbocycles. The third kappa shape index (κ3) is 56.0. The van der Waals surface area contributed by atoms with Gasteiger partial charge in [-0.05, 0) is 83.5 Å². The van der Waals surface area contributed by atoms with E-state index in [0.29, 0.717) is 19.3 Å². The standard InChI is InChI=1S/C64H114O6/c1-4-7-10-13-16-18-20-22-24-25-26-27-28-29-30-31-32-33-34-35-36-37-38-39-41-42-44-46-48-51-54-57-63(66)69-60-61(59-68-62(65)56-53-50-15-12-9-6-3)70-64(67)58-55-52-49-47-45-43-40-23-21-19-17-14-11-8-5-2/h7,10,16,18,22-24,26-27,40,61H,4-6,8-9,11-15,17,19-21,25,28-39,41-60H2,1-3H3/b10-7-,18-16-,24-22-,27-26-,40-23-. The summed E-state index contributed by atoms with van der Waals surface area (Å²) in [5.74, 6) is -0.879. The molecule has 0 aromatic heterocycles. The first-order chi connectivity index (χ1) is 34.5. The average Bonchev–Trinajstić information content (AvgIpc) is 3.36. The summed E-state index contributed by atoms with van der Waals surface area (Å²) >= 11 is 0. The van der Waals surface area contributed by atoms with Gasteiger partial charge in [0.15, 0.2) is 6.10 Å². The van der Waals surface area contributed by atoms with Gasteiger partial charge in [0, 0.05) is 19.3 Å². The van der Waals surface area contributed by atoms with E-state index in [-0.39, 0.29) is 31.1 Å². The Morgan fingerprint density at radius 3 is 0.886 bits per heavy atom. The Hall–Kier alpha value is -2.89. The van der Waals surface area contributed by atoms with Gasteiger partial charge in [0.1, 0.15) is 13.2 Å². The van der Waals surface area contributed by atoms with Crippen LogP contribution in [0.15, 0.2) is 60.8 Å². The molecule has 406 valence electrons. The summed E-state index contributed by atoms with van der Waals surface area (Å²) in [4.78, 5) is 37.9. The Bertz CT molecular complexity index is 1260. The molecular weight excluding hydrogens is 865 g/mol. The first-order valence-electron chi connectivity index (χ1n) is 30.3. The van der Waals surface area contributed by atoms with E-state index in [1.807, 2.05) is 0 Å². The maximum Gasteiger partial charge on any atom is 0.306 e. The number of esters is 3. The highest BCUT2D eigenvalue weighted by molar-refractivity contribution is 5.71. The highest BCUT2D eigenvalue weighted by Gasteiger charge is 2.19. The quantitative estimate of drug-likeness (QED) is 0.0261. The lowest BCUT2D eigenvalue weighted by molar-refractivity contribution is -0.167. The van der Waals surface area contributed by atoms with Crippen molar-refractivity contribution in [2.24, 2.45) is 0 Å². The second-order valence-corrected chi connectivity index (χ2v) is 20.2. The molecule has 0 spiro atoms. The van der Waals surface area contributed by atoms with E-state index < -0.39 is 6.10 Å². The van der Waals surface area contributed by atoms with Crippen LogP contribution in [-0.4, -0.2) is 37.2 Å². The van der Waals surface area contributed by atoms with Crippen molar-refractivity contribution < 1.29 is 28.6 Å². The molecule has 0 heterocycles. The highest BCUT2D eigenvalue weighted by atomic mass is 16.6. The number of hydrogen-bond acceptors (Lipinski definition) is 6. The van der Waals surface area contributed by atoms with Crippen molar-refractivity contribution in [2.45, 2.75) is 316 Å². The maximum absolute atomic E-state index is 12.8. The SMILES string of the molecule is CC/C=C\C/C=C\C/C=C\C/C=C\CCCCCCCCCCCCCCCCCCCCC(=O)OCC(COC(=O)CCCCCCCC)OC(=O)CCCCCCC/C=C\CCCCCCCC. The zero-order chi connectivity index (χ0) is 50.7. The summed E-state index contributed by atoms with van der Waals surface area (Å²) < 4.78 is 16.8. The first kappa shape index (κ1) is 67.1. The number of hydrogen-bond donors (Lipinski definition) is 0. The Balaban J connectivity index is 3.98. The molecule has 1 unspecified atom stereocenters. The molecule has 0 aromatic carbocycles. The van der Waals surface area contributed by atoms with Crippen molar-refractivity contribution in [1.29, 1.82) is 0 Å². The number of carbonyl (C=O) groups is 3. The zero-order valence-electron chi connectivity index (χ0n) is 46.5. The molecule has 70 heavy (non-hydrogen) atoms. The topological polar surface area (TPSA) is 78.9 Å². The number of carbonyl (C=O) groups excluding carboxylic acids is 3. The van der Waals surface area contributed by atoms with Crippen LogP contribution in [0.1, 0.15) is 310 Å².